The Kier molecular flexibility index (Phi) is 8.94. The molecule has 0 aromatic rings. The molecule has 9 rings (SSSR count). The maximum atomic E-state index is 12.9. The molecule has 6 saturated carbocycles. The van der Waals surface area contributed by atoms with Crippen molar-refractivity contribution in [3.63, 3.8) is 0 Å². The third-order valence-corrected chi connectivity index (χ3v) is 16.8. The van der Waals surface area contributed by atoms with Crippen molar-refractivity contribution in [2.75, 3.05) is 32.9 Å². The summed E-state index contributed by atoms with van der Waals surface area (Å²) in [5.41, 5.74) is 0.300. The number of hydrogen-bond donors (Lipinski definition) is 1. The normalized spacial score (nSPS) is 48.2. The zero-order chi connectivity index (χ0) is 33.3. The average molecular weight is 704 g/mol. The van der Waals surface area contributed by atoms with Gasteiger partial charge in [0, 0.05) is 6.54 Å². The highest BCUT2D eigenvalue weighted by Gasteiger charge is 2.80. The summed E-state index contributed by atoms with van der Waals surface area (Å²) in [4.78, 5) is 15.4. The molecule has 3 aliphatic heterocycles. The van der Waals surface area contributed by atoms with Crippen LogP contribution in [0.5, 0.6) is 0 Å². The van der Waals surface area contributed by atoms with Gasteiger partial charge >= 0.3 is 5.97 Å². The molecule has 12 atom stereocenters. The van der Waals surface area contributed by atoms with E-state index < -0.39 is 11.7 Å². The fourth-order valence-corrected chi connectivity index (χ4v) is 13.9. The number of aliphatic hydroxyl groups is 1. The zero-order valence-electron chi connectivity index (χ0n) is 30.9. The van der Waals surface area contributed by atoms with Crippen LogP contribution in [0, 0.1) is 51.2 Å². The number of carbonyl (C=O) groups is 1. The molecule has 2 spiro atoms. The van der Waals surface area contributed by atoms with Crippen molar-refractivity contribution in [1.29, 1.82) is 0 Å². The molecule has 6 aliphatic carbocycles. The Morgan fingerprint density at radius 1 is 0.939 bits per heavy atom. The van der Waals surface area contributed by atoms with E-state index in [9.17, 15) is 9.90 Å². The summed E-state index contributed by atoms with van der Waals surface area (Å²) < 4.78 is 31.7. The Morgan fingerprint density at radius 3 is 2.41 bits per heavy atom. The van der Waals surface area contributed by atoms with Gasteiger partial charge in [0.2, 0.25) is 0 Å². The summed E-state index contributed by atoms with van der Waals surface area (Å²) in [6, 6.07) is 0.536. The first-order valence-corrected chi connectivity index (χ1v) is 20.0. The van der Waals surface area contributed by atoms with Crippen molar-refractivity contribution in [1.82, 2.24) is 4.90 Å². The second-order valence-corrected chi connectivity index (χ2v) is 19.6. The molecule has 0 aromatic heterocycles. The number of nitrogens with zero attached hydrogens (tertiary/aromatic N) is 1. The largest absolute Gasteiger partial charge is 0.456 e. The number of esters is 1. The molecular formula is C40H65NO7S. The lowest BCUT2D eigenvalue weighted by atomic mass is 9.46. The number of ether oxygens (including phenoxy) is 5. The lowest BCUT2D eigenvalue weighted by Crippen LogP contribution is -2.58. The molecule has 9 heteroatoms. The second kappa shape index (κ2) is 12.3. The predicted molar refractivity (Wildman–Crippen MR) is 190 cm³/mol. The molecule has 0 aromatic carbocycles. The van der Waals surface area contributed by atoms with Gasteiger partial charge in [-0.2, -0.15) is 13.5 Å². The summed E-state index contributed by atoms with van der Waals surface area (Å²) in [5, 5.41) is 11.2. The Morgan fingerprint density at radius 2 is 1.71 bits per heavy atom. The molecule has 9 unspecified atom stereocenters. The highest BCUT2D eigenvalue weighted by atomic mass is 32.1. The Hall–Kier alpha value is -0.420. The smallest absolute Gasteiger partial charge is 0.309 e. The quantitative estimate of drug-likeness (QED) is 0.313. The Labute approximate surface area is 301 Å². The molecule has 1 N–H and O–H groups in total. The van der Waals surface area contributed by atoms with Gasteiger partial charge in [0.15, 0.2) is 12.4 Å². The van der Waals surface area contributed by atoms with Gasteiger partial charge in [0.25, 0.3) is 0 Å². The van der Waals surface area contributed by atoms with E-state index in [-0.39, 0.29) is 55.4 Å². The molecule has 3 saturated heterocycles. The van der Waals surface area contributed by atoms with Gasteiger partial charge in [-0.15, -0.1) is 0 Å². The summed E-state index contributed by atoms with van der Waals surface area (Å²) in [6.07, 6.45) is 14.8. The summed E-state index contributed by atoms with van der Waals surface area (Å²) in [7, 11) is 0. The number of rotatable bonds is 7. The van der Waals surface area contributed by atoms with Crippen molar-refractivity contribution >= 4 is 19.5 Å². The van der Waals surface area contributed by atoms with E-state index in [1.807, 2.05) is 0 Å². The van der Waals surface area contributed by atoms with Crippen molar-refractivity contribution < 1.29 is 33.6 Å². The molecule has 0 bridgehead atoms. The molecule has 9 fully saturated rings. The van der Waals surface area contributed by atoms with Crippen molar-refractivity contribution in [3.8, 4) is 0 Å². The summed E-state index contributed by atoms with van der Waals surface area (Å²) >= 11 is 0. The molecule has 9 aliphatic rings. The second-order valence-electron chi connectivity index (χ2n) is 19.6. The van der Waals surface area contributed by atoms with Gasteiger partial charge in [-0.1, -0.05) is 27.2 Å². The highest BCUT2D eigenvalue weighted by Crippen LogP contribution is 2.87. The molecule has 0 radical (unpaired) electrons. The first-order valence-electron chi connectivity index (χ1n) is 20.0. The van der Waals surface area contributed by atoms with Gasteiger partial charge in [-0.05, 0) is 136 Å². The molecule has 278 valence electrons. The fraction of sp³-hybridized carbons (Fsp3) is 0.975. The minimum Gasteiger partial charge on any atom is -0.456 e. The van der Waals surface area contributed by atoms with E-state index in [2.05, 4.69) is 25.7 Å². The molecule has 3 heterocycles. The van der Waals surface area contributed by atoms with Gasteiger partial charge < -0.3 is 28.8 Å². The lowest BCUT2D eigenvalue weighted by Gasteiger charge is -2.60. The van der Waals surface area contributed by atoms with E-state index in [0.29, 0.717) is 40.0 Å². The third kappa shape index (κ3) is 5.38. The van der Waals surface area contributed by atoms with Crippen LogP contribution in [0.15, 0.2) is 0 Å². The summed E-state index contributed by atoms with van der Waals surface area (Å²) in [5.74, 6) is 2.63. The SMILES string of the molecule is CC12CC[C@@]34CC35CC[C@H](OC3CN(C6COC6)CCO3)C(C)(C)C5CCC4C1CC1OC([C@H](OC(=O)C3CCC3)C(C)(C)O)CCC12.S. The average Bonchev–Trinajstić information content (AvgIpc) is 3.55. The first kappa shape index (κ1) is 35.6. The van der Waals surface area contributed by atoms with Crippen LogP contribution in [-0.4, -0.2) is 91.2 Å². The van der Waals surface area contributed by atoms with Crippen LogP contribution in [0.1, 0.15) is 118 Å². The van der Waals surface area contributed by atoms with Crippen LogP contribution in [0.25, 0.3) is 0 Å². The van der Waals surface area contributed by atoms with Crippen LogP contribution in [-0.2, 0) is 28.5 Å². The van der Waals surface area contributed by atoms with E-state index in [1.54, 1.807) is 13.8 Å². The molecule has 0 amide bonds. The maximum absolute atomic E-state index is 12.9. The summed E-state index contributed by atoms with van der Waals surface area (Å²) in [6.45, 7) is 15.5. The van der Waals surface area contributed by atoms with Gasteiger partial charge in [-0.25, -0.2) is 0 Å². The van der Waals surface area contributed by atoms with E-state index in [0.717, 1.165) is 83.8 Å². The number of hydrogen-bond acceptors (Lipinski definition) is 8. The van der Waals surface area contributed by atoms with Crippen LogP contribution >= 0.6 is 13.5 Å². The first-order chi connectivity index (χ1) is 22.9. The minimum atomic E-state index is -1.13. The lowest BCUT2D eigenvalue weighted by molar-refractivity contribution is -0.253. The Balaban J connectivity index is 0.00000348. The molecule has 49 heavy (non-hydrogen) atoms. The standard InChI is InChI=1S/C40H63NO7.H2S/c1-36(2)31-12-10-26-28-19-30-27(9-11-29(46-30)34(37(3,4)43)48-35(42)24-7-6-8-24)38(28,5)15-16-39(26)23-40(31,39)14-13-32(36)47-33-20-41(17-18-45-33)25-21-44-22-25;/h24-34,43H,6-23H2,1-5H3;1H2/t26?,27?,28?,29?,30?,31?,32-,33?,34-,38?,39-,40?;/m0./s1. The van der Waals surface area contributed by atoms with Crippen LogP contribution < -0.4 is 0 Å². The molecule has 8 nitrogen and oxygen atoms in total. The van der Waals surface area contributed by atoms with Crippen LogP contribution in [0.3, 0.4) is 0 Å². The topological polar surface area (TPSA) is 86.7 Å². The van der Waals surface area contributed by atoms with Crippen molar-refractivity contribution in [2.24, 2.45) is 51.2 Å². The van der Waals surface area contributed by atoms with Gasteiger partial charge in [0.05, 0.1) is 62.2 Å². The van der Waals surface area contributed by atoms with E-state index in [4.69, 9.17) is 23.7 Å². The van der Waals surface area contributed by atoms with Crippen LogP contribution in [0.4, 0.5) is 0 Å². The fourth-order valence-electron chi connectivity index (χ4n) is 13.9. The van der Waals surface area contributed by atoms with Gasteiger partial charge in [0.1, 0.15) is 0 Å². The minimum absolute atomic E-state index is 0. The zero-order valence-corrected chi connectivity index (χ0v) is 31.9. The maximum Gasteiger partial charge on any atom is 0.309 e. The van der Waals surface area contributed by atoms with E-state index >= 15 is 0 Å². The third-order valence-electron chi connectivity index (χ3n) is 16.8. The molecular weight excluding hydrogens is 639 g/mol. The van der Waals surface area contributed by atoms with E-state index in [1.165, 1.54) is 38.5 Å². The van der Waals surface area contributed by atoms with Crippen molar-refractivity contribution in [2.45, 2.75) is 160 Å². The van der Waals surface area contributed by atoms with Crippen LogP contribution in [0.2, 0.25) is 0 Å². The number of fused-ring (bicyclic) bond motifs is 4. The monoisotopic (exact) mass is 703 g/mol. The van der Waals surface area contributed by atoms with Gasteiger partial charge in [-0.3, -0.25) is 9.69 Å². The number of morpholine rings is 1. The predicted octanol–water partition coefficient (Wildman–Crippen LogP) is 6.23. The Bertz CT molecular complexity index is 1270. The number of carbonyl (C=O) groups excluding carboxylic acids is 1. The highest BCUT2D eigenvalue weighted by molar-refractivity contribution is 7.59. The van der Waals surface area contributed by atoms with Crippen molar-refractivity contribution in [3.05, 3.63) is 0 Å².